The van der Waals surface area contributed by atoms with Gasteiger partial charge in [-0.3, -0.25) is 0 Å². The maximum atomic E-state index is 14.7. The lowest BCUT2D eigenvalue weighted by Crippen LogP contribution is -2.11. The second kappa shape index (κ2) is 12.9. The van der Waals surface area contributed by atoms with Gasteiger partial charge in [0.2, 0.25) is 0 Å². The van der Waals surface area contributed by atoms with Gasteiger partial charge in [-0.1, -0.05) is 133 Å². The molecule has 0 spiro atoms. The second-order valence-electron chi connectivity index (χ2n) is 15.7. The van der Waals surface area contributed by atoms with Crippen LogP contribution in [0, 0.1) is 11.6 Å². The summed E-state index contributed by atoms with van der Waals surface area (Å²) in [6, 6.07) is 42.6. The molecule has 6 aromatic carbocycles. The molecular formula is C47H40F2N4. The van der Waals surface area contributed by atoms with Crippen LogP contribution in [0.3, 0.4) is 0 Å². The zero-order valence-electron chi connectivity index (χ0n) is 30.7. The summed E-state index contributed by atoms with van der Waals surface area (Å²) in [6.07, 6.45) is 0. The van der Waals surface area contributed by atoms with Gasteiger partial charge in [0.05, 0.1) is 16.7 Å². The fourth-order valence-electron chi connectivity index (χ4n) is 6.95. The third-order valence-electron chi connectivity index (χ3n) is 9.87. The fourth-order valence-corrected chi connectivity index (χ4v) is 6.95. The zero-order valence-corrected chi connectivity index (χ0v) is 30.7. The molecule has 0 amide bonds. The van der Waals surface area contributed by atoms with E-state index in [0.29, 0.717) is 34.2 Å². The highest BCUT2D eigenvalue weighted by atomic mass is 19.1. The maximum Gasteiger partial charge on any atom is 0.166 e. The van der Waals surface area contributed by atoms with Gasteiger partial charge in [-0.2, -0.15) is 0 Å². The lowest BCUT2D eigenvalue weighted by molar-refractivity contribution is 0.584. The van der Waals surface area contributed by atoms with Crippen LogP contribution in [0.5, 0.6) is 0 Å². The molecule has 0 N–H and O–H groups in total. The highest BCUT2D eigenvalue weighted by Crippen LogP contribution is 2.41. The summed E-state index contributed by atoms with van der Waals surface area (Å²) in [5.41, 5.74) is 8.60. The van der Waals surface area contributed by atoms with Gasteiger partial charge < -0.3 is 4.57 Å². The lowest BCUT2D eigenvalue weighted by Gasteiger charge is -2.21. The Bertz CT molecular complexity index is 2500. The number of rotatable bonds is 5. The van der Waals surface area contributed by atoms with E-state index in [1.165, 1.54) is 23.3 Å². The van der Waals surface area contributed by atoms with Gasteiger partial charge in [0, 0.05) is 33.5 Å². The SMILES string of the molecule is CC(C)(C)c1ccc2c3ccc(C(C)(C)C)cc3n(-c3ccc(-c4cc(F)cc(F)c4)cc3-c3nc(-c4ccccc4)nc(-c4ccccc4)n3)c2c1. The Kier molecular flexibility index (Phi) is 8.29. The monoisotopic (exact) mass is 698 g/mol. The molecule has 0 radical (unpaired) electrons. The summed E-state index contributed by atoms with van der Waals surface area (Å²) in [5.74, 6) is 0.204. The van der Waals surface area contributed by atoms with Crippen molar-refractivity contribution < 1.29 is 8.78 Å². The minimum atomic E-state index is -0.643. The van der Waals surface area contributed by atoms with Crippen molar-refractivity contribution in [1.29, 1.82) is 0 Å². The minimum absolute atomic E-state index is 0.0937. The molecule has 0 aliphatic carbocycles. The summed E-state index contributed by atoms with van der Waals surface area (Å²) >= 11 is 0. The van der Waals surface area contributed by atoms with E-state index in [-0.39, 0.29) is 10.8 Å². The average molecular weight is 699 g/mol. The Balaban J connectivity index is 1.50. The normalized spacial score (nSPS) is 12.2. The van der Waals surface area contributed by atoms with Crippen molar-refractivity contribution in [2.45, 2.75) is 52.4 Å². The van der Waals surface area contributed by atoms with Gasteiger partial charge in [0.15, 0.2) is 17.5 Å². The number of hydrogen-bond donors (Lipinski definition) is 0. The highest BCUT2D eigenvalue weighted by molar-refractivity contribution is 6.10. The molecule has 0 saturated heterocycles. The molecule has 6 heteroatoms. The highest BCUT2D eigenvalue weighted by Gasteiger charge is 2.24. The number of aromatic nitrogens is 4. The fraction of sp³-hybridized carbons (Fsp3) is 0.170. The van der Waals surface area contributed by atoms with Crippen molar-refractivity contribution in [1.82, 2.24) is 19.5 Å². The first-order valence-electron chi connectivity index (χ1n) is 17.9. The Morgan fingerprint density at radius 1 is 0.434 bits per heavy atom. The number of halogens is 2. The van der Waals surface area contributed by atoms with E-state index in [4.69, 9.17) is 15.0 Å². The largest absolute Gasteiger partial charge is 0.308 e. The van der Waals surface area contributed by atoms with E-state index in [0.717, 1.165) is 44.7 Å². The summed E-state index contributed by atoms with van der Waals surface area (Å²) < 4.78 is 31.6. The van der Waals surface area contributed by atoms with E-state index in [2.05, 4.69) is 82.5 Å². The van der Waals surface area contributed by atoms with Crippen LogP contribution in [0.25, 0.3) is 72.8 Å². The van der Waals surface area contributed by atoms with Gasteiger partial charge in [-0.05, 0) is 69.5 Å². The van der Waals surface area contributed by atoms with E-state index in [9.17, 15) is 8.78 Å². The third kappa shape index (κ3) is 6.50. The van der Waals surface area contributed by atoms with E-state index in [1.807, 2.05) is 78.9 Å². The molecule has 0 aliphatic heterocycles. The van der Waals surface area contributed by atoms with Crippen LogP contribution in [0.2, 0.25) is 0 Å². The Morgan fingerprint density at radius 3 is 1.38 bits per heavy atom. The molecule has 2 aromatic heterocycles. The summed E-state index contributed by atoms with van der Waals surface area (Å²) in [6.45, 7) is 13.3. The second-order valence-corrected chi connectivity index (χ2v) is 15.7. The quantitative estimate of drug-likeness (QED) is 0.180. The molecule has 0 bridgehead atoms. The summed E-state index contributed by atoms with van der Waals surface area (Å²) in [7, 11) is 0. The van der Waals surface area contributed by atoms with Gasteiger partial charge in [-0.15, -0.1) is 0 Å². The zero-order chi connectivity index (χ0) is 37.1. The predicted molar refractivity (Wildman–Crippen MR) is 213 cm³/mol. The van der Waals surface area contributed by atoms with Crippen molar-refractivity contribution >= 4 is 21.8 Å². The summed E-state index contributed by atoms with van der Waals surface area (Å²) in [5, 5.41) is 2.25. The van der Waals surface area contributed by atoms with Crippen molar-refractivity contribution in [3.05, 3.63) is 156 Å². The first-order valence-corrected chi connectivity index (χ1v) is 17.9. The Labute approximate surface area is 308 Å². The molecule has 0 saturated carbocycles. The number of fused-ring (bicyclic) bond motifs is 3. The molecular weight excluding hydrogens is 659 g/mol. The topological polar surface area (TPSA) is 43.6 Å². The van der Waals surface area contributed by atoms with Gasteiger partial charge >= 0.3 is 0 Å². The molecule has 8 aromatic rings. The van der Waals surface area contributed by atoms with Crippen LogP contribution in [-0.4, -0.2) is 19.5 Å². The summed E-state index contributed by atoms with van der Waals surface area (Å²) in [4.78, 5) is 15.2. The van der Waals surface area contributed by atoms with Crippen molar-refractivity contribution in [3.8, 4) is 51.0 Å². The van der Waals surface area contributed by atoms with Crippen molar-refractivity contribution in [3.63, 3.8) is 0 Å². The number of hydrogen-bond acceptors (Lipinski definition) is 3. The van der Waals surface area contributed by atoms with Crippen LogP contribution in [0.15, 0.2) is 133 Å². The lowest BCUT2D eigenvalue weighted by atomic mass is 9.86. The van der Waals surface area contributed by atoms with Crippen LogP contribution >= 0.6 is 0 Å². The Hall–Kier alpha value is -6.01. The van der Waals surface area contributed by atoms with Crippen molar-refractivity contribution in [2.75, 3.05) is 0 Å². The van der Waals surface area contributed by atoms with Crippen LogP contribution in [-0.2, 0) is 10.8 Å². The standard InChI is InChI=1S/C47H40F2N4/c1-46(2,3)33-18-20-37-38-21-19-34(47(4,5)6)27-42(38)53(41(37)26-33)40-22-17-31(32-23-35(48)28-36(49)24-32)25-39(40)45-51-43(29-13-9-7-10-14-29)50-44(52-45)30-15-11-8-12-16-30/h7-28H,1-6H3. The number of benzene rings is 6. The molecule has 0 fully saturated rings. The van der Waals surface area contributed by atoms with Gasteiger partial charge in [0.25, 0.3) is 0 Å². The number of nitrogens with zero attached hydrogens (tertiary/aromatic N) is 4. The van der Waals surface area contributed by atoms with Crippen LogP contribution in [0.1, 0.15) is 52.7 Å². The molecule has 8 rings (SSSR count). The van der Waals surface area contributed by atoms with Crippen LogP contribution < -0.4 is 0 Å². The average Bonchev–Trinajstić information content (AvgIpc) is 3.47. The van der Waals surface area contributed by atoms with Crippen LogP contribution in [0.4, 0.5) is 8.78 Å². The molecule has 262 valence electrons. The molecule has 2 heterocycles. The third-order valence-corrected chi connectivity index (χ3v) is 9.87. The first-order chi connectivity index (χ1) is 25.3. The maximum absolute atomic E-state index is 14.7. The van der Waals surface area contributed by atoms with E-state index >= 15 is 0 Å². The molecule has 4 nitrogen and oxygen atoms in total. The minimum Gasteiger partial charge on any atom is -0.308 e. The first kappa shape index (κ1) is 34.1. The van der Waals surface area contributed by atoms with E-state index in [1.54, 1.807) is 0 Å². The van der Waals surface area contributed by atoms with Gasteiger partial charge in [0.1, 0.15) is 11.6 Å². The Morgan fingerprint density at radius 2 is 0.906 bits per heavy atom. The molecule has 0 aliphatic rings. The molecule has 0 unspecified atom stereocenters. The van der Waals surface area contributed by atoms with E-state index < -0.39 is 11.6 Å². The smallest absolute Gasteiger partial charge is 0.166 e. The molecule has 53 heavy (non-hydrogen) atoms. The van der Waals surface area contributed by atoms with Gasteiger partial charge in [-0.25, -0.2) is 23.7 Å². The predicted octanol–water partition coefficient (Wildman–Crippen LogP) is 12.5. The van der Waals surface area contributed by atoms with Crippen molar-refractivity contribution in [2.24, 2.45) is 0 Å². The molecule has 0 atom stereocenters.